The fraction of sp³-hybridized carbons (Fsp3) is 0.857. The van der Waals surface area contributed by atoms with Gasteiger partial charge in [0.1, 0.15) is 0 Å². The summed E-state index contributed by atoms with van der Waals surface area (Å²) in [6.45, 7) is 0.479. The maximum Gasteiger partial charge on any atom is 0.190 e. The minimum absolute atomic E-state index is 0.0544. The quantitative estimate of drug-likeness (QED) is 0.543. The fourth-order valence-electron chi connectivity index (χ4n) is 1.10. The highest BCUT2D eigenvalue weighted by Crippen LogP contribution is 2.14. The molecule has 0 amide bonds. The monoisotopic (exact) mass is 160 g/mol. The summed E-state index contributed by atoms with van der Waals surface area (Å²) in [5, 5.41) is 0. The van der Waals surface area contributed by atoms with Crippen LogP contribution >= 0.6 is 0 Å². The molecule has 0 radical (unpaired) electrons. The number of methoxy groups -OCH3 is 2. The minimum Gasteiger partial charge on any atom is -0.365 e. The number of Topliss-reactive ketones (excluding diaryl/α,β-unsaturated/α-hetero) is 1. The number of carbonyl (C=O) groups excluding carboxylic acids is 1. The van der Waals surface area contributed by atoms with Crippen molar-refractivity contribution in [2.45, 2.75) is 18.8 Å². The van der Waals surface area contributed by atoms with Gasteiger partial charge in [-0.05, 0) is 0 Å². The van der Waals surface area contributed by atoms with E-state index in [1.54, 1.807) is 0 Å². The lowest BCUT2D eigenvalue weighted by atomic mass is 10.2. The summed E-state index contributed by atoms with van der Waals surface area (Å²) in [6, 6.07) is 0. The van der Waals surface area contributed by atoms with Crippen molar-refractivity contribution in [3.8, 4) is 0 Å². The van der Waals surface area contributed by atoms with Gasteiger partial charge in [-0.3, -0.25) is 4.79 Å². The average molecular weight is 160 g/mol. The third kappa shape index (κ3) is 1.77. The van der Waals surface area contributed by atoms with E-state index in [-0.39, 0.29) is 5.78 Å². The molecule has 0 spiro atoms. The maximum absolute atomic E-state index is 11.0. The third-order valence-electron chi connectivity index (χ3n) is 1.68. The van der Waals surface area contributed by atoms with E-state index in [0.29, 0.717) is 13.0 Å². The molecule has 4 heteroatoms. The van der Waals surface area contributed by atoms with Gasteiger partial charge in [0, 0.05) is 20.6 Å². The van der Waals surface area contributed by atoms with Crippen LogP contribution in [0.3, 0.4) is 0 Å². The molecule has 1 aliphatic rings. The largest absolute Gasteiger partial charge is 0.365 e. The molecule has 0 aromatic heterocycles. The van der Waals surface area contributed by atoms with Crippen molar-refractivity contribution in [2.75, 3.05) is 20.8 Å². The van der Waals surface area contributed by atoms with Crippen LogP contribution in [-0.4, -0.2) is 39.0 Å². The lowest BCUT2D eigenvalue weighted by Crippen LogP contribution is -2.34. The van der Waals surface area contributed by atoms with Crippen molar-refractivity contribution in [2.24, 2.45) is 0 Å². The first-order valence-corrected chi connectivity index (χ1v) is 3.49. The van der Waals surface area contributed by atoms with E-state index in [1.165, 1.54) is 14.2 Å². The summed E-state index contributed by atoms with van der Waals surface area (Å²) in [4.78, 5) is 11.0. The highest BCUT2D eigenvalue weighted by Gasteiger charge is 2.33. The molecule has 4 nitrogen and oxygen atoms in total. The Bertz CT molecular complexity index is 141. The molecular formula is C7H12O4. The van der Waals surface area contributed by atoms with Gasteiger partial charge in [0.2, 0.25) is 0 Å². The van der Waals surface area contributed by atoms with Gasteiger partial charge in [0.05, 0.1) is 6.61 Å². The second-order valence-electron chi connectivity index (χ2n) is 2.35. The van der Waals surface area contributed by atoms with Crippen LogP contribution in [0.2, 0.25) is 0 Å². The second kappa shape index (κ2) is 3.80. The smallest absolute Gasteiger partial charge is 0.190 e. The normalized spacial score (nSPS) is 25.0. The van der Waals surface area contributed by atoms with E-state index in [9.17, 15) is 4.79 Å². The zero-order valence-corrected chi connectivity index (χ0v) is 6.70. The molecule has 0 aromatic carbocycles. The Hall–Kier alpha value is -0.450. The molecule has 0 N–H and O–H groups in total. The van der Waals surface area contributed by atoms with Gasteiger partial charge in [0.25, 0.3) is 0 Å². The molecule has 64 valence electrons. The van der Waals surface area contributed by atoms with Crippen molar-refractivity contribution in [3.05, 3.63) is 0 Å². The lowest BCUT2D eigenvalue weighted by Gasteiger charge is -2.17. The first kappa shape index (κ1) is 8.64. The molecule has 0 unspecified atom stereocenters. The number of hydrogen-bond acceptors (Lipinski definition) is 4. The van der Waals surface area contributed by atoms with Crippen molar-refractivity contribution in [1.82, 2.24) is 0 Å². The number of carbonyl (C=O) groups is 1. The van der Waals surface area contributed by atoms with Gasteiger partial charge in [-0.1, -0.05) is 0 Å². The number of rotatable bonds is 3. The zero-order valence-electron chi connectivity index (χ0n) is 6.70. The van der Waals surface area contributed by atoms with E-state index in [0.717, 1.165) is 0 Å². The SMILES string of the molecule is COC(OC)[C@@H]1OCCC1=O. The van der Waals surface area contributed by atoms with E-state index < -0.39 is 12.4 Å². The summed E-state index contributed by atoms with van der Waals surface area (Å²) in [5.74, 6) is 0.0544. The van der Waals surface area contributed by atoms with Crippen LogP contribution in [0.1, 0.15) is 6.42 Å². The highest BCUT2D eigenvalue weighted by atomic mass is 16.7. The molecule has 0 aliphatic carbocycles. The van der Waals surface area contributed by atoms with Crippen molar-refractivity contribution >= 4 is 5.78 Å². The van der Waals surface area contributed by atoms with Gasteiger partial charge in [-0.15, -0.1) is 0 Å². The van der Waals surface area contributed by atoms with Crippen LogP contribution in [-0.2, 0) is 19.0 Å². The molecule has 1 saturated heterocycles. The molecule has 1 aliphatic heterocycles. The third-order valence-corrected chi connectivity index (χ3v) is 1.68. The van der Waals surface area contributed by atoms with Gasteiger partial charge in [0.15, 0.2) is 18.2 Å². The predicted molar refractivity (Wildman–Crippen MR) is 37.2 cm³/mol. The van der Waals surface area contributed by atoms with E-state index in [1.807, 2.05) is 0 Å². The average Bonchev–Trinajstić information content (AvgIpc) is 2.40. The lowest BCUT2D eigenvalue weighted by molar-refractivity contribution is -0.173. The van der Waals surface area contributed by atoms with Crippen molar-refractivity contribution < 1.29 is 19.0 Å². The maximum atomic E-state index is 11.0. The Kier molecular flexibility index (Phi) is 2.99. The van der Waals surface area contributed by atoms with Gasteiger partial charge in [-0.25, -0.2) is 0 Å². The summed E-state index contributed by atoms with van der Waals surface area (Å²) in [6.07, 6.45) is -0.608. The summed E-state index contributed by atoms with van der Waals surface area (Å²) in [7, 11) is 2.98. The Morgan fingerprint density at radius 3 is 2.55 bits per heavy atom. The minimum atomic E-state index is -0.551. The molecule has 1 fully saturated rings. The number of hydrogen-bond donors (Lipinski definition) is 0. The summed E-state index contributed by atoms with van der Waals surface area (Å²) < 4.78 is 14.9. The first-order chi connectivity index (χ1) is 5.29. The van der Waals surface area contributed by atoms with Crippen LogP contribution in [0, 0.1) is 0 Å². The Labute approximate surface area is 65.4 Å². The second-order valence-corrected chi connectivity index (χ2v) is 2.35. The Morgan fingerprint density at radius 2 is 2.18 bits per heavy atom. The molecule has 0 aromatic rings. The summed E-state index contributed by atoms with van der Waals surface area (Å²) >= 11 is 0. The van der Waals surface area contributed by atoms with Crippen LogP contribution in [0.4, 0.5) is 0 Å². The molecule has 0 bridgehead atoms. The van der Waals surface area contributed by atoms with Crippen LogP contribution < -0.4 is 0 Å². The highest BCUT2D eigenvalue weighted by molar-refractivity contribution is 5.85. The number of ether oxygens (including phenoxy) is 3. The van der Waals surface area contributed by atoms with Crippen molar-refractivity contribution in [3.63, 3.8) is 0 Å². The molecule has 1 heterocycles. The van der Waals surface area contributed by atoms with E-state index in [2.05, 4.69) is 0 Å². The Morgan fingerprint density at radius 1 is 1.55 bits per heavy atom. The fourth-order valence-corrected chi connectivity index (χ4v) is 1.10. The van der Waals surface area contributed by atoms with Gasteiger partial charge < -0.3 is 14.2 Å². The van der Waals surface area contributed by atoms with Gasteiger partial charge in [-0.2, -0.15) is 0 Å². The zero-order chi connectivity index (χ0) is 8.27. The van der Waals surface area contributed by atoms with Crippen LogP contribution in [0.25, 0.3) is 0 Å². The number of ketones is 1. The molecule has 11 heavy (non-hydrogen) atoms. The topological polar surface area (TPSA) is 44.8 Å². The molecule has 1 rings (SSSR count). The first-order valence-electron chi connectivity index (χ1n) is 3.49. The van der Waals surface area contributed by atoms with Crippen LogP contribution in [0.5, 0.6) is 0 Å². The van der Waals surface area contributed by atoms with Crippen molar-refractivity contribution in [1.29, 1.82) is 0 Å². The standard InChI is InChI=1S/C7H12O4/c1-9-7(10-2)6-5(8)3-4-11-6/h6-7H,3-4H2,1-2H3/t6-/m1/s1. The summed E-state index contributed by atoms with van der Waals surface area (Å²) in [5.41, 5.74) is 0. The van der Waals surface area contributed by atoms with E-state index in [4.69, 9.17) is 14.2 Å². The van der Waals surface area contributed by atoms with Gasteiger partial charge >= 0.3 is 0 Å². The molecular weight excluding hydrogens is 148 g/mol. The molecule has 0 saturated carbocycles. The van der Waals surface area contributed by atoms with E-state index >= 15 is 0 Å². The Balaban J connectivity index is 2.49. The molecule has 1 atom stereocenters. The van der Waals surface area contributed by atoms with Crippen LogP contribution in [0.15, 0.2) is 0 Å². The predicted octanol–water partition coefficient (Wildman–Crippen LogP) is -0.0367.